The summed E-state index contributed by atoms with van der Waals surface area (Å²) < 4.78 is 4.94. The van der Waals surface area contributed by atoms with Gasteiger partial charge in [-0.15, -0.1) is 0 Å². The van der Waals surface area contributed by atoms with Crippen molar-refractivity contribution in [1.29, 1.82) is 0 Å². The summed E-state index contributed by atoms with van der Waals surface area (Å²) in [6.07, 6.45) is 1.78. The van der Waals surface area contributed by atoms with Gasteiger partial charge in [0, 0.05) is 18.4 Å². The molecule has 0 aromatic rings. The van der Waals surface area contributed by atoms with E-state index in [-0.39, 0.29) is 11.9 Å². The summed E-state index contributed by atoms with van der Waals surface area (Å²) >= 11 is 0. The summed E-state index contributed by atoms with van der Waals surface area (Å²) in [7, 11) is 0. The van der Waals surface area contributed by atoms with E-state index in [1.165, 1.54) is 0 Å². The van der Waals surface area contributed by atoms with Crippen molar-refractivity contribution in [3.05, 3.63) is 11.9 Å². The number of hydrazine groups is 1. The predicted molar refractivity (Wildman–Crippen MR) is 55.7 cm³/mol. The van der Waals surface area contributed by atoms with Gasteiger partial charge in [-0.05, 0) is 13.8 Å². The highest BCUT2D eigenvalue weighted by Gasteiger charge is 2.45. The van der Waals surface area contributed by atoms with Gasteiger partial charge < -0.3 is 15.1 Å². The van der Waals surface area contributed by atoms with E-state index in [0.29, 0.717) is 13.2 Å². The number of esters is 1. The molecule has 1 saturated heterocycles. The molecular formula is C10H15N3O3. The molecule has 0 aliphatic carbocycles. The van der Waals surface area contributed by atoms with Crippen LogP contribution in [0.1, 0.15) is 13.8 Å². The third-order valence-corrected chi connectivity index (χ3v) is 2.69. The molecule has 1 unspecified atom stereocenters. The van der Waals surface area contributed by atoms with E-state index in [2.05, 4.69) is 10.7 Å². The Morgan fingerprint density at radius 3 is 3.12 bits per heavy atom. The Labute approximate surface area is 93.6 Å². The van der Waals surface area contributed by atoms with Gasteiger partial charge in [0.2, 0.25) is 5.91 Å². The molecule has 2 rings (SSSR count). The molecule has 6 heteroatoms. The Hall–Kier alpha value is -1.56. The Kier molecular flexibility index (Phi) is 2.82. The number of fused-ring (bicyclic) bond motifs is 1. The van der Waals surface area contributed by atoms with Crippen LogP contribution in [0.4, 0.5) is 0 Å². The van der Waals surface area contributed by atoms with Crippen molar-refractivity contribution in [1.82, 2.24) is 15.8 Å². The Balaban J connectivity index is 2.15. The molecular weight excluding hydrogens is 210 g/mol. The highest BCUT2D eigenvalue weighted by Crippen LogP contribution is 2.22. The molecule has 88 valence electrons. The van der Waals surface area contributed by atoms with Crippen molar-refractivity contribution in [2.24, 2.45) is 5.92 Å². The average Bonchev–Trinajstić information content (AvgIpc) is 2.61. The Morgan fingerprint density at radius 1 is 1.69 bits per heavy atom. The van der Waals surface area contributed by atoms with Gasteiger partial charge in [0.05, 0.1) is 6.61 Å². The predicted octanol–water partition coefficient (Wildman–Crippen LogP) is -0.654. The standard InChI is InChI=1S/C10H15N3O3/c1-3-16-10(15)7-4-11-13-5-6(2)12-9(14)8(7)13/h5,7-8,11H,3-4H2,1-2H3,(H,12,14)/t7-,8?/m0/s1. The third-order valence-electron chi connectivity index (χ3n) is 2.69. The maximum atomic E-state index is 11.8. The van der Waals surface area contributed by atoms with Crippen molar-refractivity contribution in [3.8, 4) is 0 Å². The van der Waals surface area contributed by atoms with Crippen molar-refractivity contribution in [2.75, 3.05) is 13.2 Å². The topological polar surface area (TPSA) is 70.7 Å². The van der Waals surface area contributed by atoms with Crippen LogP contribution in [0.2, 0.25) is 0 Å². The summed E-state index contributed by atoms with van der Waals surface area (Å²) in [4.78, 5) is 23.4. The fourth-order valence-corrected chi connectivity index (χ4v) is 2.01. The zero-order chi connectivity index (χ0) is 11.7. The number of carbonyl (C=O) groups excluding carboxylic acids is 2. The van der Waals surface area contributed by atoms with E-state index in [4.69, 9.17) is 4.74 Å². The van der Waals surface area contributed by atoms with E-state index >= 15 is 0 Å². The minimum atomic E-state index is -0.497. The lowest BCUT2D eigenvalue weighted by molar-refractivity contribution is -0.150. The molecule has 0 saturated carbocycles. The SMILES string of the molecule is CCOC(=O)[C@H]1CNN2C=C(C)NC(=O)C12. The van der Waals surface area contributed by atoms with Crippen LogP contribution in [-0.4, -0.2) is 36.1 Å². The van der Waals surface area contributed by atoms with Gasteiger partial charge in [-0.3, -0.25) is 9.59 Å². The van der Waals surface area contributed by atoms with Gasteiger partial charge in [-0.2, -0.15) is 0 Å². The molecule has 2 aliphatic rings. The van der Waals surface area contributed by atoms with Crippen LogP contribution < -0.4 is 10.7 Å². The fourth-order valence-electron chi connectivity index (χ4n) is 2.01. The highest BCUT2D eigenvalue weighted by atomic mass is 16.5. The first-order valence-electron chi connectivity index (χ1n) is 5.31. The average molecular weight is 225 g/mol. The summed E-state index contributed by atoms with van der Waals surface area (Å²) in [5.74, 6) is -0.932. The third kappa shape index (κ3) is 1.76. The molecule has 0 spiro atoms. The highest BCUT2D eigenvalue weighted by molar-refractivity contribution is 5.90. The van der Waals surface area contributed by atoms with Crippen LogP contribution in [0.25, 0.3) is 0 Å². The summed E-state index contributed by atoms with van der Waals surface area (Å²) in [6, 6.07) is -0.497. The van der Waals surface area contributed by atoms with Crippen molar-refractivity contribution in [3.63, 3.8) is 0 Å². The van der Waals surface area contributed by atoms with Crippen molar-refractivity contribution in [2.45, 2.75) is 19.9 Å². The van der Waals surface area contributed by atoms with Gasteiger partial charge in [0.25, 0.3) is 0 Å². The van der Waals surface area contributed by atoms with Crippen LogP contribution in [-0.2, 0) is 14.3 Å². The van der Waals surface area contributed by atoms with Crippen LogP contribution in [0.15, 0.2) is 11.9 Å². The first-order chi connectivity index (χ1) is 7.63. The normalized spacial score (nSPS) is 28.2. The number of amides is 1. The summed E-state index contributed by atoms with van der Waals surface area (Å²) in [5, 5.41) is 4.39. The largest absolute Gasteiger partial charge is 0.466 e. The lowest BCUT2D eigenvalue weighted by Gasteiger charge is -2.29. The van der Waals surface area contributed by atoms with E-state index < -0.39 is 12.0 Å². The van der Waals surface area contributed by atoms with Gasteiger partial charge >= 0.3 is 5.97 Å². The number of nitrogens with one attached hydrogen (secondary N) is 2. The number of carbonyl (C=O) groups is 2. The minimum absolute atomic E-state index is 0.164. The second-order valence-electron chi connectivity index (χ2n) is 3.87. The summed E-state index contributed by atoms with van der Waals surface area (Å²) in [5.41, 5.74) is 3.77. The molecule has 2 atom stereocenters. The second-order valence-corrected chi connectivity index (χ2v) is 3.87. The maximum Gasteiger partial charge on any atom is 0.313 e. The Morgan fingerprint density at radius 2 is 2.44 bits per heavy atom. The number of rotatable bonds is 2. The molecule has 2 heterocycles. The van der Waals surface area contributed by atoms with E-state index in [0.717, 1.165) is 5.70 Å². The molecule has 0 radical (unpaired) electrons. The number of ether oxygens (including phenoxy) is 1. The molecule has 0 bridgehead atoms. The van der Waals surface area contributed by atoms with Crippen LogP contribution in [0.3, 0.4) is 0 Å². The van der Waals surface area contributed by atoms with Crippen LogP contribution >= 0.6 is 0 Å². The molecule has 2 aliphatic heterocycles. The lowest BCUT2D eigenvalue weighted by Crippen LogP contribution is -2.51. The molecule has 16 heavy (non-hydrogen) atoms. The van der Waals surface area contributed by atoms with Gasteiger partial charge in [-0.1, -0.05) is 0 Å². The van der Waals surface area contributed by atoms with Crippen LogP contribution in [0.5, 0.6) is 0 Å². The van der Waals surface area contributed by atoms with Crippen molar-refractivity contribution >= 4 is 11.9 Å². The Bertz CT molecular complexity index is 353. The first-order valence-corrected chi connectivity index (χ1v) is 5.31. The zero-order valence-corrected chi connectivity index (χ0v) is 9.32. The number of allylic oxidation sites excluding steroid dienone is 1. The van der Waals surface area contributed by atoms with E-state index in [1.807, 2.05) is 0 Å². The smallest absolute Gasteiger partial charge is 0.313 e. The number of hydrogen-bond acceptors (Lipinski definition) is 5. The first kappa shape index (κ1) is 10.9. The van der Waals surface area contributed by atoms with Gasteiger partial charge in [-0.25, -0.2) is 5.43 Å². The molecule has 1 fully saturated rings. The fraction of sp³-hybridized carbons (Fsp3) is 0.600. The number of nitrogens with zero attached hydrogens (tertiary/aromatic N) is 1. The van der Waals surface area contributed by atoms with Gasteiger partial charge in [0.1, 0.15) is 12.0 Å². The lowest BCUT2D eigenvalue weighted by atomic mass is 10.00. The van der Waals surface area contributed by atoms with E-state index in [1.54, 1.807) is 25.1 Å². The molecule has 6 nitrogen and oxygen atoms in total. The minimum Gasteiger partial charge on any atom is -0.466 e. The number of hydrogen-bond donors (Lipinski definition) is 2. The maximum absolute atomic E-state index is 11.8. The zero-order valence-electron chi connectivity index (χ0n) is 9.32. The van der Waals surface area contributed by atoms with E-state index in [9.17, 15) is 9.59 Å². The molecule has 1 amide bonds. The molecule has 0 aromatic carbocycles. The summed E-state index contributed by atoms with van der Waals surface area (Å²) in [6.45, 7) is 4.32. The molecule has 0 aromatic heterocycles. The van der Waals surface area contributed by atoms with Gasteiger partial charge in [0.15, 0.2) is 0 Å². The quantitative estimate of drug-likeness (QED) is 0.611. The van der Waals surface area contributed by atoms with Crippen molar-refractivity contribution < 1.29 is 14.3 Å². The monoisotopic (exact) mass is 225 g/mol. The second kappa shape index (κ2) is 4.13. The molecule has 2 N–H and O–H groups in total. The van der Waals surface area contributed by atoms with Crippen LogP contribution in [0, 0.1) is 5.92 Å².